The number of rotatable bonds is 5. The van der Waals surface area contributed by atoms with Crippen molar-refractivity contribution in [2.24, 2.45) is 0 Å². The van der Waals surface area contributed by atoms with E-state index in [-0.39, 0.29) is 22.7 Å². The van der Waals surface area contributed by atoms with Crippen LogP contribution in [-0.2, 0) is 10.2 Å². The number of nitriles is 1. The van der Waals surface area contributed by atoms with Crippen molar-refractivity contribution in [2.75, 3.05) is 5.75 Å². The van der Waals surface area contributed by atoms with E-state index in [1.807, 2.05) is 0 Å². The summed E-state index contributed by atoms with van der Waals surface area (Å²) in [6, 6.07) is 5.96. The largest absolute Gasteiger partial charge is 0.787 e. The molecule has 18 heavy (non-hydrogen) atoms. The highest BCUT2D eigenvalue weighted by atomic mass is 32.7. The van der Waals surface area contributed by atoms with Crippen molar-refractivity contribution in [1.82, 2.24) is 0 Å². The van der Waals surface area contributed by atoms with Gasteiger partial charge in [0.25, 0.3) is 0 Å². The summed E-state index contributed by atoms with van der Waals surface area (Å²) in [5, 5.41) is 8.54. The lowest BCUT2D eigenvalue weighted by molar-refractivity contribution is -0.188. The first-order valence-electron chi connectivity index (χ1n) is 4.80. The summed E-state index contributed by atoms with van der Waals surface area (Å²) in [5.41, 5.74) is -4.42. The molecule has 0 bridgehead atoms. The van der Waals surface area contributed by atoms with Gasteiger partial charge in [0.2, 0.25) is 0 Å². The van der Waals surface area contributed by atoms with Crippen molar-refractivity contribution in [3.05, 3.63) is 48.0 Å². The Morgan fingerprint density at radius 1 is 1.50 bits per heavy atom. The minimum Gasteiger partial charge on any atom is -0.787 e. The quantitative estimate of drug-likeness (QED) is 0.617. The van der Waals surface area contributed by atoms with E-state index in [2.05, 4.69) is 6.58 Å². The highest BCUT2D eigenvalue weighted by Crippen LogP contribution is 2.67. The van der Waals surface area contributed by atoms with Gasteiger partial charge < -0.3 is 9.46 Å². The Balaban J connectivity index is 3.07. The molecule has 1 atom stereocenters. The lowest BCUT2D eigenvalue weighted by Gasteiger charge is -2.31. The van der Waals surface area contributed by atoms with E-state index in [1.54, 1.807) is 6.07 Å². The van der Waals surface area contributed by atoms with E-state index in [4.69, 9.17) is 5.26 Å². The van der Waals surface area contributed by atoms with E-state index in [0.29, 0.717) is 0 Å². The smallest absolute Gasteiger partial charge is 0.319 e. The molecule has 3 nitrogen and oxygen atoms in total. The average molecular weight is 288 g/mol. The topological polar surface area (TPSA) is 63.9 Å². The Morgan fingerprint density at radius 2 is 2.06 bits per heavy atom. The molecule has 0 heterocycles. The number of hydrogen-bond donors (Lipinski definition) is 0. The molecule has 0 fully saturated rings. The van der Waals surface area contributed by atoms with Crippen molar-refractivity contribution < 1.29 is 18.2 Å². The molecular formula is C11H9F2NO2PS-. The summed E-state index contributed by atoms with van der Waals surface area (Å²) < 4.78 is 39.1. The van der Waals surface area contributed by atoms with Gasteiger partial charge in [-0.15, -0.1) is 18.0 Å². The number of benzene rings is 1. The average Bonchev–Trinajstić information content (AvgIpc) is 2.36. The van der Waals surface area contributed by atoms with Crippen molar-refractivity contribution in [2.45, 2.75) is 5.66 Å². The van der Waals surface area contributed by atoms with Crippen LogP contribution in [0.2, 0.25) is 0 Å². The van der Waals surface area contributed by atoms with Gasteiger partial charge in [-0.2, -0.15) is 14.0 Å². The van der Waals surface area contributed by atoms with Crippen LogP contribution in [-0.4, -0.2) is 5.75 Å². The van der Waals surface area contributed by atoms with Crippen molar-refractivity contribution in [3.8, 4) is 6.07 Å². The molecule has 1 rings (SSSR count). The molecular weight excluding hydrogens is 279 g/mol. The van der Waals surface area contributed by atoms with Crippen LogP contribution in [0.1, 0.15) is 11.1 Å². The van der Waals surface area contributed by atoms with E-state index in [1.165, 1.54) is 6.08 Å². The van der Waals surface area contributed by atoms with E-state index in [0.717, 1.165) is 24.3 Å². The van der Waals surface area contributed by atoms with Gasteiger partial charge in [0.15, 0.2) is 0 Å². The van der Waals surface area contributed by atoms with Crippen LogP contribution in [0.3, 0.4) is 0 Å². The number of nitrogens with zero attached hydrogens (tertiary/aromatic N) is 1. The zero-order valence-corrected chi connectivity index (χ0v) is 10.9. The monoisotopic (exact) mass is 288 g/mol. The zero-order valence-electron chi connectivity index (χ0n) is 9.18. The molecule has 7 heteroatoms. The van der Waals surface area contributed by atoms with E-state index >= 15 is 0 Å². The molecule has 0 spiro atoms. The predicted molar refractivity (Wildman–Crippen MR) is 65.3 cm³/mol. The SMILES string of the molecule is C=CCSP(=O)([O-])C(F)(F)c1ccc(C#N)cc1. The normalized spacial score (nSPS) is 14.6. The van der Waals surface area contributed by atoms with Gasteiger partial charge in [0, 0.05) is 11.3 Å². The summed E-state index contributed by atoms with van der Waals surface area (Å²) >= 11 is 0.157. The van der Waals surface area contributed by atoms with Crippen LogP contribution in [0.15, 0.2) is 36.9 Å². The van der Waals surface area contributed by atoms with Crippen LogP contribution < -0.4 is 4.89 Å². The molecule has 0 aliphatic rings. The lowest BCUT2D eigenvalue weighted by atomic mass is 10.1. The van der Waals surface area contributed by atoms with Gasteiger partial charge in [0.05, 0.1) is 11.6 Å². The fourth-order valence-electron chi connectivity index (χ4n) is 1.14. The fraction of sp³-hybridized carbons (Fsp3) is 0.182. The highest BCUT2D eigenvalue weighted by Gasteiger charge is 2.43. The highest BCUT2D eigenvalue weighted by molar-refractivity contribution is 8.56. The van der Waals surface area contributed by atoms with Crippen LogP contribution in [0.25, 0.3) is 0 Å². The van der Waals surface area contributed by atoms with Gasteiger partial charge in [0.1, 0.15) is 6.57 Å². The number of hydrogen-bond acceptors (Lipinski definition) is 4. The molecule has 0 aliphatic carbocycles. The number of alkyl halides is 2. The third-order valence-corrected chi connectivity index (χ3v) is 5.89. The summed E-state index contributed by atoms with van der Waals surface area (Å²) in [7, 11) is 0. The Kier molecular flexibility index (Phi) is 4.69. The van der Waals surface area contributed by atoms with Gasteiger partial charge >= 0.3 is 5.66 Å². The molecule has 0 aliphatic heterocycles. The Bertz CT molecular complexity index is 525. The second-order valence-electron chi connectivity index (χ2n) is 3.31. The van der Waals surface area contributed by atoms with Crippen LogP contribution in [0, 0.1) is 11.3 Å². The molecule has 0 N–H and O–H groups in total. The Labute approximate surface area is 107 Å². The van der Waals surface area contributed by atoms with Gasteiger partial charge in [-0.1, -0.05) is 18.2 Å². The van der Waals surface area contributed by atoms with Crippen LogP contribution in [0.4, 0.5) is 8.78 Å². The predicted octanol–water partition coefficient (Wildman–Crippen LogP) is 3.08. The lowest BCUT2D eigenvalue weighted by Crippen LogP contribution is -2.20. The third kappa shape index (κ3) is 2.99. The molecule has 0 saturated carbocycles. The molecule has 0 radical (unpaired) electrons. The number of halogens is 2. The van der Waals surface area contributed by atoms with Crippen LogP contribution in [0.5, 0.6) is 0 Å². The molecule has 1 aromatic carbocycles. The fourth-order valence-corrected chi connectivity index (χ4v) is 3.77. The van der Waals surface area contributed by atoms with Gasteiger partial charge in [-0.05, 0) is 12.1 Å². The van der Waals surface area contributed by atoms with Gasteiger partial charge in [-0.25, -0.2) is 0 Å². The molecule has 0 amide bonds. The first-order valence-corrected chi connectivity index (χ1v) is 8.01. The minimum atomic E-state index is -4.98. The molecule has 0 saturated heterocycles. The Hall–Kier alpha value is -1.15. The van der Waals surface area contributed by atoms with Crippen molar-refractivity contribution >= 4 is 18.0 Å². The Morgan fingerprint density at radius 3 is 2.50 bits per heavy atom. The van der Waals surface area contributed by atoms with E-state index < -0.39 is 17.8 Å². The second-order valence-corrected chi connectivity index (χ2v) is 7.68. The maximum absolute atomic E-state index is 13.8. The van der Waals surface area contributed by atoms with Crippen molar-refractivity contribution in [1.29, 1.82) is 5.26 Å². The van der Waals surface area contributed by atoms with Crippen molar-refractivity contribution in [3.63, 3.8) is 0 Å². The summed E-state index contributed by atoms with van der Waals surface area (Å²) in [6.45, 7) is -1.70. The second kappa shape index (κ2) is 5.66. The van der Waals surface area contributed by atoms with Gasteiger partial charge in [-0.3, -0.25) is 0 Å². The van der Waals surface area contributed by atoms with Crippen LogP contribution >= 0.6 is 18.0 Å². The minimum absolute atomic E-state index is 0.105. The standard InChI is InChI=1S/C11H10F2NO2PS/c1-2-7-18-17(15,16)11(12,13)10-5-3-9(8-14)4-6-10/h2-6H,1,7H2,(H,15,16)/p-1. The molecule has 96 valence electrons. The third-order valence-electron chi connectivity index (χ3n) is 2.07. The summed E-state index contributed by atoms with van der Waals surface area (Å²) in [6.07, 6.45) is 1.24. The molecule has 1 aromatic rings. The maximum Gasteiger partial charge on any atom is 0.319 e. The molecule has 1 unspecified atom stereocenters. The first-order chi connectivity index (χ1) is 8.35. The first kappa shape index (κ1) is 14.9. The maximum atomic E-state index is 13.8. The van der Waals surface area contributed by atoms with E-state index in [9.17, 15) is 18.2 Å². The summed E-state index contributed by atoms with van der Waals surface area (Å²) in [4.78, 5) is 11.5. The zero-order chi connectivity index (χ0) is 13.8. The molecule has 0 aromatic heterocycles. The summed E-state index contributed by atoms with van der Waals surface area (Å²) in [5.74, 6) is -0.105.